The van der Waals surface area contributed by atoms with E-state index in [1.807, 2.05) is 6.07 Å². The lowest BCUT2D eigenvalue weighted by atomic mass is 9.86. The summed E-state index contributed by atoms with van der Waals surface area (Å²) in [5, 5.41) is 0. The smallest absolute Gasteiger partial charge is 0.141 e. The largest absolute Gasteiger partial charge is 0.286 e. The van der Waals surface area contributed by atoms with Gasteiger partial charge >= 0.3 is 0 Å². The van der Waals surface area contributed by atoms with Crippen LogP contribution >= 0.6 is 0 Å². The molecular formula is C26H27FN2. The van der Waals surface area contributed by atoms with Gasteiger partial charge in [0.2, 0.25) is 0 Å². The van der Waals surface area contributed by atoms with Crippen LogP contribution in [0.3, 0.4) is 0 Å². The van der Waals surface area contributed by atoms with Gasteiger partial charge < -0.3 is 0 Å². The predicted octanol–water partition coefficient (Wildman–Crippen LogP) is 5.95. The first-order chi connectivity index (χ1) is 14.1. The Morgan fingerprint density at radius 2 is 1.55 bits per heavy atom. The molecule has 3 heterocycles. The summed E-state index contributed by atoms with van der Waals surface area (Å²) in [5.41, 5.74) is 6.50. The van der Waals surface area contributed by atoms with Crippen LogP contribution in [-0.2, 0) is 0 Å². The summed E-state index contributed by atoms with van der Waals surface area (Å²) in [6.07, 6.45) is 4.89. The van der Waals surface area contributed by atoms with Crippen molar-refractivity contribution in [3.05, 3.63) is 101 Å². The summed E-state index contributed by atoms with van der Waals surface area (Å²) in [6, 6.07) is 22.3. The first-order valence-corrected chi connectivity index (χ1v) is 10.6. The van der Waals surface area contributed by atoms with Gasteiger partial charge in [-0.3, -0.25) is 9.88 Å². The molecule has 0 saturated carbocycles. The minimum absolute atomic E-state index is 0.250. The summed E-state index contributed by atoms with van der Waals surface area (Å²) in [4.78, 5) is 7.20. The number of aryl methyl sites for hydroxylation is 2. The molecule has 2 aliphatic heterocycles. The fourth-order valence-electron chi connectivity index (χ4n) is 5.63. The number of nitrogens with zero attached hydrogens (tertiary/aromatic N) is 2. The Morgan fingerprint density at radius 3 is 2.14 bits per heavy atom. The van der Waals surface area contributed by atoms with Crippen LogP contribution in [0.15, 0.2) is 66.9 Å². The van der Waals surface area contributed by atoms with E-state index in [2.05, 4.69) is 72.3 Å². The standard InChI is InChI=1S/C26H27FN2/c1-17-7-3-5-9-21(17)26(22-10-6-4-8-18(22)2)29-20-12-14-25(29)23(15-20)24-13-11-19(27)16-28-24/h3-11,13,16,20,23,25-26H,12,14-15H2,1-2H3. The molecule has 3 heteroatoms. The molecule has 5 rings (SSSR count). The summed E-state index contributed by atoms with van der Waals surface area (Å²) in [5.74, 6) is 0.122. The van der Waals surface area contributed by atoms with Crippen molar-refractivity contribution in [2.45, 2.75) is 57.2 Å². The number of halogens is 1. The number of aromatic nitrogens is 1. The Morgan fingerprint density at radius 1 is 0.897 bits per heavy atom. The Kier molecular flexibility index (Phi) is 4.71. The van der Waals surface area contributed by atoms with Gasteiger partial charge in [0.05, 0.1) is 12.2 Å². The Balaban J connectivity index is 1.59. The third-order valence-electron chi connectivity index (χ3n) is 6.99. The van der Waals surface area contributed by atoms with Crippen LogP contribution < -0.4 is 0 Å². The van der Waals surface area contributed by atoms with Gasteiger partial charge in [-0.05, 0) is 67.5 Å². The maximum atomic E-state index is 13.4. The van der Waals surface area contributed by atoms with E-state index in [1.54, 1.807) is 6.07 Å². The highest BCUT2D eigenvalue weighted by atomic mass is 19.1. The lowest BCUT2D eigenvalue weighted by molar-refractivity contribution is 0.198. The number of fused-ring (bicyclic) bond motifs is 2. The molecule has 148 valence electrons. The van der Waals surface area contributed by atoms with Gasteiger partial charge in [0, 0.05) is 23.7 Å². The van der Waals surface area contributed by atoms with E-state index in [1.165, 1.54) is 41.3 Å². The lowest BCUT2D eigenvalue weighted by Crippen LogP contribution is -2.35. The summed E-state index contributed by atoms with van der Waals surface area (Å²) in [7, 11) is 0. The van der Waals surface area contributed by atoms with Gasteiger partial charge in [-0.25, -0.2) is 4.39 Å². The minimum atomic E-state index is -0.258. The van der Waals surface area contributed by atoms with Gasteiger partial charge in [0.15, 0.2) is 0 Å². The topological polar surface area (TPSA) is 16.1 Å². The van der Waals surface area contributed by atoms with Gasteiger partial charge in [0.25, 0.3) is 0 Å². The molecule has 3 atom stereocenters. The third kappa shape index (κ3) is 3.18. The lowest BCUT2D eigenvalue weighted by Gasteiger charge is -2.35. The molecule has 2 nitrogen and oxygen atoms in total. The Hall–Kier alpha value is -2.52. The van der Waals surface area contributed by atoms with Crippen molar-refractivity contribution in [1.82, 2.24) is 9.88 Å². The average molecular weight is 387 g/mol. The molecule has 0 radical (unpaired) electrons. The van der Waals surface area contributed by atoms with E-state index < -0.39 is 0 Å². The monoisotopic (exact) mass is 386 g/mol. The normalized spacial score (nSPS) is 23.8. The van der Waals surface area contributed by atoms with Crippen LogP contribution in [-0.4, -0.2) is 22.0 Å². The van der Waals surface area contributed by atoms with Gasteiger partial charge in [-0.1, -0.05) is 48.5 Å². The second-order valence-electron chi connectivity index (χ2n) is 8.60. The zero-order valence-electron chi connectivity index (χ0n) is 17.1. The highest BCUT2D eigenvalue weighted by Crippen LogP contribution is 2.52. The van der Waals surface area contributed by atoms with E-state index in [0.717, 1.165) is 12.1 Å². The molecule has 2 fully saturated rings. The highest BCUT2D eigenvalue weighted by molar-refractivity contribution is 5.41. The minimum Gasteiger partial charge on any atom is -0.286 e. The first kappa shape index (κ1) is 18.5. The summed E-state index contributed by atoms with van der Waals surface area (Å²) >= 11 is 0. The molecule has 2 saturated heterocycles. The zero-order valence-corrected chi connectivity index (χ0v) is 17.1. The quantitative estimate of drug-likeness (QED) is 0.551. The maximum absolute atomic E-state index is 13.4. The fourth-order valence-corrected chi connectivity index (χ4v) is 5.63. The first-order valence-electron chi connectivity index (χ1n) is 10.6. The van der Waals surface area contributed by atoms with Crippen molar-refractivity contribution in [2.75, 3.05) is 0 Å². The Labute approximate surface area is 172 Å². The molecule has 0 aliphatic carbocycles. The fraction of sp³-hybridized carbons (Fsp3) is 0.346. The van der Waals surface area contributed by atoms with E-state index in [0.29, 0.717) is 18.0 Å². The van der Waals surface area contributed by atoms with Crippen LogP contribution in [0, 0.1) is 19.7 Å². The summed E-state index contributed by atoms with van der Waals surface area (Å²) in [6.45, 7) is 4.44. The van der Waals surface area contributed by atoms with Crippen molar-refractivity contribution < 1.29 is 4.39 Å². The molecule has 2 bridgehead atoms. The second kappa shape index (κ2) is 7.38. The van der Waals surface area contributed by atoms with Crippen molar-refractivity contribution in [2.24, 2.45) is 0 Å². The molecule has 3 unspecified atom stereocenters. The van der Waals surface area contributed by atoms with Crippen LogP contribution in [0.4, 0.5) is 4.39 Å². The van der Waals surface area contributed by atoms with Crippen molar-refractivity contribution in [3.63, 3.8) is 0 Å². The van der Waals surface area contributed by atoms with Crippen molar-refractivity contribution in [3.8, 4) is 0 Å². The van der Waals surface area contributed by atoms with Gasteiger partial charge in [-0.2, -0.15) is 0 Å². The van der Waals surface area contributed by atoms with Gasteiger partial charge in [-0.15, -0.1) is 0 Å². The predicted molar refractivity (Wildman–Crippen MR) is 114 cm³/mol. The third-order valence-corrected chi connectivity index (χ3v) is 6.99. The SMILES string of the molecule is Cc1ccccc1C(c1ccccc1C)N1C2CCC1C(c1ccc(F)cn1)C2. The van der Waals surface area contributed by atoms with E-state index in [9.17, 15) is 4.39 Å². The van der Waals surface area contributed by atoms with E-state index in [-0.39, 0.29) is 11.9 Å². The number of hydrogen-bond donors (Lipinski definition) is 0. The molecule has 0 amide bonds. The summed E-state index contributed by atoms with van der Waals surface area (Å²) < 4.78 is 13.4. The van der Waals surface area contributed by atoms with Crippen LogP contribution in [0.25, 0.3) is 0 Å². The maximum Gasteiger partial charge on any atom is 0.141 e. The zero-order chi connectivity index (χ0) is 20.0. The molecule has 2 aromatic carbocycles. The number of hydrogen-bond acceptors (Lipinski definition) is 2. The molecule has 2 aliphatic rings. The molecule has 1 aromatic heterocycles. The van der Waals surface area contributed by atoms with E-state index in [4.69, 9.17) is 0 Å². The molecule has 0 N–H and O–H groups in total. The van der Waals surface area contributed by atoms with Gasteiger partial charge in [0.1, 0.15) is 5.82 Å². The average Bonchev–Trinajstić information content (AvgIpc) is 3.29. The second-order valence-corrected chi connectivity index (χ2v) is 8.60. The van der Waals surface area contributed by atoms with Crippen LogP contribution in [0.1, 0.15) is 59.2 Å². The molecular weight excluding hydrogens is 359 g/mol. The van der Waals surface area contributed by atoms with E-state index >= 15 is 0 Å². The van der Waals surface area contributed by atoms with Crippen molar-refractivity contribution >= 4 is 0 Å². The number of pyridine rings is 1. The Bertz CT molecular complexity index is 968. The highest BCUT2D eigenvalue weighted by Gasteiger charge is 2.50. The molecule has 0 spiro atoms. The molecule has 29 heavy (non-hydrogen) atoms. The van der Waals surface area contributed by atoms with Crippen LogP contribution in [0.2, 0.25) is 0 Å². The van der Waals surface area contributed by atoms with Crippen molar-refractivity contribution in [1.29, 1.82) is 0 Å². The molecule has 3 aromatic rings. The number of benzene rings is 2. The van der Waals surface area contributed by atoms with Crippen LogP contribution in [0.5, 0.6) is 0 Å². The number of rotatable bonds is 4.